The molecule has 0 radical (unpaired) electrons. The van der Waals surface area contributed by atoms with Crippen molar-refractivity contribution in [1.82, 2.24) is 14.9 Å². The van der Waals surface area contributed by atoms with Gasteiger partial charge >= 0.3 is 0 Å². The van der Waals surface area contributed by atoms with Gasteiger partial charge in [0.1, 0.15) is 5.52 Å². The van der Waals surface area contributed by atoms with E-state index >= 15 is 0 Å². The Bertz CT molecular complexity index is 639. The Morgan fingerprint density at radius 3 is 3.10 bits per heavy atom. The summed E-state index contributed by atoms with van der Waals surface area (Å²) in [6.45, 7) is 1.71. The number of likely N-dealkylation sites (tertiary alicyclic amines) is 1. The Morgan fingerprint density at radius 2 is 2.24 bits per heavy atom. The van der Waals surface area contributed by atoms with Gasteiger partial charge in [-0.2, -0.15) is 11.8 Å². The van der Waals surface area contributed by atoms with Gasteiger partial charge in [-0.05, 0) is 42.9 Å². The third-order valence-electron chi connectivity index (χ3n) is 3.94. The van der Waals surface area contributed by atoms with Crippen LogP contribution in [0.3, 0.4) is 0 Å². The summed E-state index contributed by atoms with van der Waals surface area (Å²) in [6.07, 6.45) is 7.74. The van der Waals surface area contributed by atoms with E-state index in [0.29, 0.717) is 17.0 Å². The highest BCUT2D eigenvalue weighted by Crippen LogP contribution is 2.23. The molecule has 110 valence electrons. The highest BCUT2D eigenvalue weighted by atomic mass is 32.2. The fourth-order valence-electron chi connectivity index (χ4n) is 2.96. The number of piperidine rings is 1. The Kier molecular flexibility index (Phi) is 4.39. The summed E-state index contributed by atoms with van der Waals surface area (Å²) in [5.41, 5.74) is 2.16. The molecule has 1 saturated heterocycles. The first-order chi connectivity index (χ1) is 10.3. The number of fused-ring (bicyclic) bond motifs is 1. The zero-order valence-electron chi connectivity index (χ0n) is 12.2. The van der Waals surface area contributed by atoms with Crippen molar-refractivity contribution >= 4 is 28.7 Å². The van der Waals surface area contributed by atoms with E-state index in [1.165, 1.54) is 6.42 Å². The van der Waals surface area contributed by atoms with E-state index < -0.39 is 0 Å². The lowest BCUT2D eigenvalue weighted by Crippen LogP contribution is -2.40. The zero-order valence-corrected chi connectivity index (χ0v) is 13.0. The Balaban J connectivity index is 1.86. The van der Waals surface area contributed by atoms with Crippen LogP contribution in [0, 0.1) is 5.92 Å². The molecule has 0 aliphatic carbocycles. The van der Waals surface area contributed by atoms with Crippen LogP contribution in [0.2, 0.25) is 0 Å². The summed E-state index contributed by atoms with van der Waals surface area (Å²) in [7, 11) is 0. The molecule has 5 heteroatoms. The molecule has 0 spiro atoms. The lowest BCUT2D eigenvalue weighted by atomic mass is 9.99. The van der Waals surface area contributed by atoms with Gasteiger partial charge in [0.25, 0.3) is 5.91 Å². The minimum absolute atomic E-state index is 0.0897. The number of benzene rings is 1. The molecular formula is C16H19N3OS. The number of hydrogen-bond acceptors (Lipinski definition) is 4. The first kappa shape index (κ1) is 14.3. The Labute approximate surface area is 129 Å². The van der Waals surface area contributed by atoms with Gasteiger partial charge in [0.15, 0.2) is 0 Å². The van der Waals surface area contributed by atoms with Crippen molar-refractivity contribution in [3.05, 3.63) is 36.2 Å². The summed E-state index contributed by atoms with van der Waals surface area (Å²) in [5.74, 6) is 1.82. The van der Waals surface area contributed by atoms with Gasteiger partial charge in [0.2, 0.25) is 0 Å². The molecule has 0 bridgehead atoms. The van der Waals surface area contributed by atoms with Gasteiger partial charge < -0.3 is 4.90 Å². The minimum atomic E-state index is 0.0897. The first-order valence-electron chi connectivity index (χ1n) is 7.27. The number of amides is 1. The number of para-hydroxylation sites is 1. The molecule has 0 saturated carbocycles. The molecule has 0 N–H and O–H groups in total. The van der Waals surface area contributed by atoms with Crippen LogP contribution in [0.4, 0.5) is 0 Å². The average molecular weight is 301 g/mol. The van der Waals surface area contributed by atoms with Crippen molar-refractivity contribution in [2.45, 2.75) is 12.8 Å². The van der Waals surface area contributed by atoms with Crippen molar-refractivity contribution in [3.63, 3.8) is 0 Å². The summed E-state index contributed by atoms with van der Waals surface area (Å²) in [5, 5.41) is 0. The number of hydrogen-bond donors (Lipinski definition) is 0. The van der Waals surface area contributed by atoms with Crippen molar-refractivity contribution in [2.24, 2.45) is 5.92 Å². The van der Waals surface area contributed by atoms with Crippen molar-refractivity contribution in [2.75, 3.05) is 25.1 Å². The topological polar surface area (TPSA) is 46.1 Å². The predicted octanol–water partition coefficient (Wildman–Crippen LogP) is 2.85. The summed E-state index contributed by atoms with van der Waals surface area (Å²) in [4.78, 5) is 23.4. The molecule has 21 heavy (non-hydrogen) atoms. The second kappa shape index (κ2) is 6.43. The van der Waals surface area contributed by atoms with Gasteiger partial charge in [-0.3, -0.25) is 14.8 Å². The van der Waals surface area contributed by atoms with Crippen molar-refractivity contribution < 1.29 is 4.79 Å². The second-order valence-corrected chi connectivity index (χ2v) is 6.36. The quantitative estimate of drug-likeness (QED) is 0.874. The molecule has 2 heterocycles. The van der Waals surface area contributed by atoms with Crippen LogP contribution in [0.5, 0.6) is 0 Å². The molecule has 1 fully saturated rings. The molecular weight excluding hydrogens is 282 g/mol. The van der Waals surface area contributed by atoms with E-state index in [9.17, 15) is 4.79 Å². The van der Waals surface area contributed by atoms with Crippen LogP contribution in [-0.2, 0) is 0 Å². The molecule has 1 aromatic heterocycles. The summed E-state index contributed by atoms with van der Waals surface area (Å²) in [6, 6.07) is 5.64. The van der Waals surface area contributed by atoms with Crippen LogP contribution in [0.25, 0.3) is 11.0 Å². The fourth-order valence-corrected chi connectivity index (χ4v) is 3.70. The van der Waals surface area contributed by atoms with Crippen LogP contribution in [-0.4, -0.2) is 45.9 Å². The normalized spacial score (nSPS) is 18.9. The smallest absolute Gasteiger partial charge is 0.256 e. The van der Waals surface area contributed by atoms with E-state index in [4.69, 9.17) is 0 Å². The number of carbonyl (C=O) groups is 1. The zero-order chi connectivity index (χ0) is 14.7. The van der Waals surface area contributed by atoms with E-state index in [0.717, 1.165) is 30.8 Å². The van der Waals surface area contributed by atoms with Crippen molar-refractivity contribution in [3.8, 4) is 0 Å². The molecule has 1 aliphatic rings. The fraction of sp³-hybridized carbons (Fsp3) is 0.438. The molecule has 2 aromatic rings. The van der Waals surface area contributed by atoms with E-state index in [1.54, 1.807) is 12.4 Å². The van der Waals surface area contributed by atoms with Crippen molar-refractivity contribution in [1.29, 1.82) is 0 Å². The second-order valence-electron chi connectivity index (χ2n) is 5.44. The minimum Gasteiger partial charge on any atom is -0.338 e. The largest absolute Gasteiger partial charge is 0.338 e. The molecule has 1 aromatic carbocycles. The van der Waals surface area contributed by atoms with Gasteiger partial charge in [0, 0.05) is 25.5 Å². The standard InChI is InChI=1S/C16H19N3OS/c1-21-11-12-4-3-9-19(10-12)16(20)13-5-2-6-14-15(13)18-8-7-17-14/h2,5-8,12H,3-4,9-11H2,1H3/t12-/m0/s1. The molecule has 1 atom stereocenters. The summed E-state index contributed by atoms with van der Waals surface area (Å²) >= 11 is 1.86. The first-order valence-corrected chi connectivity index (χ1v) is 8.67. The lowest BCUT2D eigenvalue weighted by molar-refractivity contribution is 0.0687. The number of thioether (sulfide) groups is 1. The maximum absolute atomic E-state index is 12.8. The summed E-state index contributed by atoms with van der Waals surface area (Å²) < 4.78 is 0. The van der Waals surface area contributed by atoms with E-state index in [1.807, 2.05) is 34.9 Å². The molecule has 1 aliphatic heterocycles. The highest BCUT2D eigenvalue weighted by Gasteiger charge is 2.25. The lowest BCUT2D eigenvalue weighted by Gasteiger charge is -2.32. The maximum Gasteiger partial charge on any atom is 0.256 e. The third kappa shape index (κ3) is 3.02. The number of carbonyl (C=O) groups excluding carboxylic acids is 1. The van der Waals surface area contributed by atoms with Crippen LogP contribution in [0.15, 0.2) is 30.6 Å². The molecule has 4 nitrogen and oxygen atoms in total. The van der Waals surface area contributed by atoms with Crippen LogP contribution < -0.4 is 0 Å². The maximum atomic E-state index is 12.8. The molecule has 3 rings (SSSR count). The van der Waals surface area contributed by atoms with Gasteiger partial charge in [0.05, 0.1) is 11.1 Å². The van der Waals surface area contributed by atoms with Gasteiger partial charge in [-0.25, -0.2) is 0 Å². The third-order valence-corrected chi connectivity index (χ3v) is 4.74. The van der Waals surface area contributed by atoms with E-state index in [-0.39, 0.29) is 5.91 Å². The SMILES string of the molecule is CSC[C@H]1CCCN(C(=O)c2cccc3nccnc23)C1. The van der Waals surface area contributed by atoms with E-state index in [2.05, 4.69) is 16.2 Å². The molecule has 0 unspecified atom stereocenters. The van der Waals surface area contributed by atoms with Crippen LogP contribution in [0.1, 0.15) is 23.2 Å². The molecule has 1 amide bonds. The van der Waals surface area contributed by atoms with Gasteiger partial charge in [-0.1, -0.05) is 6.07 Å². The van der Waals surface area contributed by atoms with Gasteiger partial charge in [-0.15, -0.1) is 0 Å². The Hall–Kier alpha value is -1.62. The number of nitrogens with zero attached hydrogens (tertiary/aromatic N) is 3. The monoisotopic (exact) mass is 301 g/mol. The number of aromatic nitrogens is 2. The average Bonchev–Trinajstić information content (AvgIpc) is 2.54. The Morgan fingerprint density at radius 1 is 1.38 bits per heavy atom. The highest BCUT2D eigenvalue weighted by molar-refractivity contribution is 7.98. The van der Waals surface area contributed by atoms with Crippen LogP contribution >= 0.6 is 11.8 Å². The number of rotatable bonds is 3. The predicted molar refractivity (Wildman–Crippen MR) is 86.5 cm³/mol.